The quantitative estimate of drug-likeness (QED) is 0.352. The third-order valence-electron chi connectivity index (χ3n) is 6.88. The van der Waals surface area contributed by atoms with Gasteiger partial charge >= 0.3 is 6.18 Å². The van der Waals surface area contributed by atoms with Crippen LogP contribution in [0.4, 0.5) is 27.8 Å². The molecule has 0 saturated carbocycles. The number of amides is 1. The SMILES string of the molecule is Cc1ccc(Oc2ccc(NC(=O)[C@H](C)N3CCC(F)(F)[C@@H](c4c[nH]c(=O)c([C@@H](N)C(F)(F)F)c4)C3)nc2)cc1. The second kappa shape index (κ2) is 11.3. The second-order valence-corrected chi connectivity index (χ2v) is 9.75. The van der Waals surface area contributed by atoms with Crippen LogP contribution in [0.3, 0.4) is 0 Å². The van der Waals surface area contributed by atoms with E-state index in [4.69, 9.17) is 10.5 Å². The highest BCUT2D eigenvalue weighted by Gasteiger charge is 2.47. The highest BCUT2D eigenvalue weighted by atomic mass is 19.4. The van der Waals surface area contributed by atoms with E-state index in [0.717, 1.165) is 17.8 Å². The van der Waals surface area contributed by atoms with E-state index >= 15 is 0 Å². The lowest BCUT2D eigenvalue weighted by Crippen LogP contribution is -2.52. The zero-order chi connectivity index (χ0) is 29.2. The van der Waals surface area contributed by atoms with Crippen LogP contribution in [0.15, 0.2) is 59.7 Å². The van der Waals surface area contributed by atoms with Gasteiger partial charge < -0.3 is 20.8 Å². The molecule has 2 aromatic heterocycles. The number of carbonyl (C=O) groups excluding carboxylic acids is 1. The number of nitrogens with two attached hydrogens (primary N) is 1. The minimum Gasteiger partial charge on any atom is -0.456 e. The first kappa shape index (κ1) is 29.2. The van der Waals surface area contributed by atoms with Crippen molar-refractivity contribution in [3.05, 3.63) is 81.9 Å². The Morgan fingerprint density at radius 2 is 1.88 bits per heavy atom. The van der Waals surface area contributed by atoms with Crippen LogP contribution in [0.2, 0.25) is 0 Å². The van der Waals surface area contributed by atoms with E-state index in [0.29, 0.717) is 11.5 Å². The van der Waals surface area contributed by atoms with Crippen molar-refractivity contribution >= 4 is 11.7 Å². The summed E-state index contributed by atoms with van der Waals surface area (Å²) in [6, 6.07) is 7.83. The predicted molar refractivity (Wildman–Crippen MR) is 138 cm³/mol. The first-order chi connectivity index (χ1) is 18.7. The molecule has 13 heteroatoms. The number of likely N-dealkylation sites (tertiary alicyclic amines) is 1. The van der Waals surface area contributed by atoms with Gasteiger partial charge in [0, 0.05) is 31.3 Å². The van der Waals surface area contributed by atoms with Crippen molar-refractivity contribution in [2.45, 2.75) is 50.4 Å². The first-order valence-corrected chi connectivity index (χ1v) is 12.4. The molecule has 1 amide bonds. The van der Waals surface area contributed by atoms with Gasteiger partial charge in [0.15, 0.2) is 0 Å². The summed E-state index contributed by atoms with van der Waals surface area (Å²) in [5, 5.41) is 2.64. The van der Waals surface area contributed by atoms with Gasteiger partial charge in [0.1, 0.15) is 23.4 Å². The van der Waals surface area contributed by atoms with Crippen LogP contribution < -0.4 is 21.3 Å². The number of aromatic nitrogens is 2. The smallest absolute Gasteiger partial charge is 0.407 e. The van der Waals surface area contributed by atoms with Crippen LogP contribution in [0, 0.1) is 6.92 Å². The number of halogens is 5. The summed E-state index contributed by atoms with van der Waals surface area (Å²) in [5.41, 5.74) is 4.08. The Balaban J connectivity index is 1.44. The minimum atomic E-state index is -4.93. The average Bonchev–Trinajstić information content (AvgIpc) is 2.90. The van der Waals surface area contributed by atoms with E-state index in [9.17, 15) is 31.5 Å². The summed E-state index contributed by atoms with van der Waals surface area (Å²) < 4.78 is 74.9. The van der Waals surface area contributed by atoms with Gasteiger partial charge in [-0.25, -0.2) is 13.8 Å². The molecule has 214 valence electrons. The maximum Gasteiger partial charge on any atom is 0.407 e. The Hall–Kier alpha value is -3.84. The molecule has 0 unspecified atom stereocenters. The van der Waals surface area contributed by atoms with Gasteiger partial charge in [-0.3, -0.25) is 14.5 Å². The van der Waals surface area contributed by atoms with Crippen LogP contribution in [0.1, 0.15) is 42.0 Å². The lowest BCUT2D eigenvalue weighted by molar-refractivity contribution is -0.149. The van der Waals surface area contributed by atoms with Crippen LogP contribution >= 0.6 is 0 Å². The van der Waals surface area contributed by atoms with E-state index in [1.807, 2.05) is 19.1 Å². The monoisotopic (exact) mass is 565 g/mol. The highest BCUT2D eigenvalue weighted by molar-refractivity contribution is 5.93. The van der Waals surface area contributed by atoms with Crippen LogP contribution in [0.5, 0.6) is 11.5 Å². The second-order valence-electron chi connectivity index (χ2n) is 9.75. The molecule has 4 N–H and O–H groups in total. The van der Waals surface area contributed by atoms with E-state index < -0.39 is 53.6 Å². The van der Waals surface area contributed by atoms with E-state index in [1.165, 1.54) is 24.1 Å². The molecule has 0 bridgehead atoms. The summed E-state index contributed by atoms with van der Waals surface area (Å²) in [7, 11) is 0. The molecule has 0 radical (unpaired) electrons. The molecule has 1 aliphatic heterocycles. The minimum absolute atomic E-state index is 0.132. The Bertz CT molecular complexity index is 1390. The molecule has 0 aliphatic carbocycles. The lowest BCUT2D eigenvalue weighted by atomic mass is 9.86. The Kier molecular flexibility index (Phi) is 8.26. The van der Waals surface area contributed by atoms with Crippen molar-refractivity contribution in [3.8, 4) is 11.5 Å². The fourth-order valence-corrected chi connectivity index (χ4v) is 4.41. The number of piperidine rings is 1. The maximum atomic E-state index is 14.9. The standard InChI is InChI=1S/C27H28F5N5O3/c1-15-3-5-18(6-4-15)40-19-7-8-22(34-13-19)36-24(38)16(2)37-10-9-26(28,29)21(14-37)17-11-20(25(39)35-12-17)23(33)27(30,31)32/h3-8,11-13,16,21,23H,9-10,14,33H2,1-2H3,(H,35,39)(H,34,36,38)/t16-,21+,23+/m0/s1. The van der Waals surface area contributed by atoms with Crippen molar-refractivity contribution in [1.29, 1.82) is 0 Å². The first-order valence-electron chi connectivity index (χ1n) is 12.4. The molecular weight excluding hydrogens is 537 g/mol. The van der Waals surface area contributed by atoms with Gasteiger partial charge in [0.25, 0.3) is 11.5 Å². The van der Waals surface area contributed by atoms with Crippen molar-refractivity contribution in [3.63, 3.8) is 0 Å². The zero-order valence-electron chi connectivity index (χ0n) is 21.6. The molecule has 1 saturated heterocycles. The third-order valence-corrected chi connectivity index (χ3v) is 6.88. The lowest BCUT2D eigenvalue weighted by Gasteiger charge is -2.40. The Labute approximate surface area is 226 Å². The number of hydrogen-bond donors (Lipinski definition) is 3. The summed E-state index contributed by atoms with van der Waals surface area (Å²) in [6.07, 6.45) is -3.18. The molecule has 3 atom stereocenters. The Morgan fingerprint density at radius 3 is 2.50 bits per heavy atom. The number of alkyl halides is 5. The number of nitrogens with zero attached hydrogens (tertiary/aromatic N) is 2. The van der Waals surface area contributed by atoms with Crippen molar-refractivity contribution in [1.82, 2.24) is 14.9 Å². The van der Waals surface area contributed by atoms with E-state index in [-0.39, 0.29) is 24.5 Å². The number of carbonyl (C=O) groups is 1. The van der Waals surface area contributed by atoms with Gasteiger partial charge in [0.2, 0.25) is 5.91 Å². The number of anilines is 1. The van der Waals surface area contributed by atoms with Crippen LogP contribution in [-0.2, 0) is 4.79 Å². The predicted octanol–water partition coefficient (Wildman–Crippen LogP) is 4.88. The number of rotatable bonds is 7. The van der Waals surface area contributed by atoms with Crippen LogP contribution in [-0.4, -0.2) is 52.0 Å². The van der Waals surface area contributed by atoms with Crippen LogP contribution in [0.25, 0.3) is 0 Å². The largest absolute Gasteiger partial charge is 0.456 e. The van der Waals surface area contributed by atoms with Gasteiger partial charge in [-0.15, -0.1) is 0 Å². The maximum absolute atomic E-state index is 14.9. The molecular formula is C27H28F5N5O3. The molecule has 4 rings (SSSR count). The number of pyridine rings is 2. The number of benzene rings is 1. The molecule has 8 nitrogen and oxygen atoms in total. The third kappa shape index (κ3) is 6.65. The van der Waals surface area contributed by atoms with Crippen molar-refractivity contribution < 1.29 is 31.5 Å². The molecule has 0 spiro atoms. The molecule has 1 fully saturated rings. The van der Waals surface area contributed by atoms with Crippen molar-refractivity contribution in [2.24, 2.45) is 5.73 Å². The van der Waals surface area contributed by atoms with E-state index in [1.54, 1.807) is 18.2 Å². The molecule has 1 aromatic carbocycles. The number of hydrogen-bond acceptors (Lipinski definition) is 6. The van der Waals surface area contributed by atoms with Gasteiger partial charge in [-0.1, -0.05) is 17.7 Å². The molecule has 40 heavy (non-hydrogen) atoms. The molecule has 3 aromatic rings. The number of nitrogens with one attached hydrogen (secondary N) is 2. The number of aromatic amines is 1. The van der Waals surface area contributed by atoms with Gasteiger partial charge in [0.05, 0.1) is 18.2 Å². The van der Waals surface area contributed by atoms with Crippen molar-refractivity contribution in [2.75, 3.05) is 18.4 Å². The van der Waals surface area contributed by atoms with Gasteiger partial charge in [-0.2, -0.15) is 13.2 Å². The summed E-state index contributed by atoms with van der Waals surface area (Å²) in [6.45, 7) is 3.01. The number of H-pyrrole nitrogens is 1. The topological polar surface area (TPSA) is 113 Å². The fourth-order valence-electron chi connectivity index (χ4n) is 4.41. The number of ether oxygens (including phenoxy) is 1. The normalized spacial score (nSPS) is 19.1. The van der Waals surface area contributed by atoms with Gasteiger partial charge in [-0.05, 0) is 49.7 Å². The summed E-state index contributed by atoms with van der Waals surface area (Å²) >= 11 is 0. The fraction of sp³-hybridized carbons (Fsp3) is 0.370. The summed E-state index contributed by atoms with van der Waals surface area (Å²) in [4.78, 5) is 32.6. The Morgan fingerprint density at radius 1 is 1.20 bits per heavy atom. The average molecular weight is 566 g/mol. The summed E-state index contributed by atoms with van der Waals surface area (Å²) in [5.74, 6) is -4.10. The molecule has 3 heterocycles. The van der Waals surface area contributed by atoms with E-state index in [2.05, 4.69) is 15.3 Å². The zero-order valence-corrected chi connectivity index (χ0v) is 21.6. The molecule has 1 aliphatic rings. The number of aryl methyl sites for hydroxylation is 1. The highest BCUT2D eigenvalue weighted by Crippen LogP contribution is 2.41.